The molecule has 0 amide bonds. The molecule has 2 atom stereocenters. The number of aromatic nitrogens is 2. The van der Waals surface area contributed by atoms with Crippen molar-refractivity contribution in [1.82, 2.24) is 14.5 Å². The number of likely N-dealkylation sites (tertiary alicyclic amines) is 1. The van der Waals surface area contributed by atoms with Crippen molar-refractivity contribution in [3.63, 3.8) is 0 Å². The number of hydrogen-bond donors (Lipinski definition) is 1. The molecule has 1 aliphatic rings. The maximum atomic E-state index is 6.32. The van der Waals surface area contributed by atoms with Crippen LogP contribution in [0.25, 0.3) is 11.0 Å². The minimum Gasteiger partial charge on any atom is -0.349 e. The summed E-state index contributed by atoms with van der Waals surface area (Å²) >= 11 is 0. The van der Waals surface area contributed by atoms with E-state index in [0.29, 0.717) is 5.92 Å². The number of aryl methyl sites for hydroxylation is 1. The fourth-order valence-electron chi connectivity index (χ4n) is 3.05. The van der Waals surface area contributed by atoms with Crippen molar-refractivity contribution in [1.29, 1.82) is 0 Å². The zero-order valence-corrected chi connectivity index (χ0v) is 11.0. The van der Waals surface area contributed by atoms with Crippen molar-refractivity contribution in [2.75, 3.05) is 20.1 Å². The molecule has 3 heterocycles. The molecule has 1 saturated heterocycles. The van der Waals surface area contributed by atoms with E-state index in [-0.39, 0.29) is 6.04 Å². The van der Waals surface area contributed by atoms with E-state index in [4.69, 9.17) is 5.73 Å². The van der Waals surface area contributed by atoms with Crippen molar-refractivity contribution >= 4 is 11.0 Å². The average Bonchev–Trinajstić information content (AvgIpc) is 2.68. The zero-order chi connectivity index (χ0) is 12.7. The van der Waals surface area contributed by atoms with E-state index < -0.39 is 0 Å². The standard InChI is InChI=1S/C14H20N4/c1-17-7-5-10(12(15)9-17)11-8-18(2)13-4-3-6-16-14(11)13/h3-4,6,8,10,12H,5,7,9,15H2,1-2H3. The normalized spacial score (nSPS) is 25.7. The zero-order valence-electron chi connectivity index (χ0n) is 11.0. The summed E-state index contributed by atoms with van der Waals surface area (Å²) < 4.78 is 2.16. The summed E-state index contributed by atoms with van der Waals surface area (Å²) in [5.41, 5.74) is 9.95. The van der Waals surface area contributed by atoms with Crippen LogP contribution >= 0.6 is 0 Å². The summed E-state index contributed by atoms with van der Waals surface area (Å²) in [5.74, 6) is 0.430. The van der Waals surface area contributed by atoms with Gasteiger partial charge in [-0.1, -0.05) is 0 Å². The summed E-state index contributed by atoms with van der Waals surface area (Å²) in [7, 11) is 4.21. The highest BCUT2D eigenvalue weighted by atomic mass is 15.1. The number of piperidine rings is 1. The molecule has 4 heteroatoms. The van der Waals surface area contributed by atoms with Crippen molar-refractivity contribution in [2.45, 2.75) is 18.4 Å². The molecule has 0 spiro atoms. The third kappa shape index (κ3) is 1.82. The lowest BCUT2D eigenvalue weighted by atomic mass is 9.87. The maximum Gasteiger partial charge on any atom is 0.0916 e. The minimum atomic E-state index is 0.205. The molecule has 2 aromatic heterocycles. The summed E-state index contributed by atoms with van der Waals surface area (Å²) in [4.78, 5) is 6.85. The molecular formula is C14H20N4. The maximum absolute atomic E-state index is 6.32. The molecule has 1 aliphatic heterocycles. The summed E-state index contributed by atoms with van der Waals surface area (Å²) in [6, 6.07) is 4.31. The van der Waals surface area contributed by atoms with Gasteiger partial charge < -0.3 is 15.2 Å². The summed E-state index contributed by atoms with van der Waals surface area (Å²) in [5, 5.41) is 0. The number of nitrogens with two attached hydrogens (primary N) is 1. The van der Waals surface area contributed by atoms with Crippen LogP contribution in [0.2, 0.25) is 0 Å². The molecule has 0 radical (unpaired) electrons. The van der Waals surface area contributed by atoms with Crippen LogP contribution in [0.4, 0.5) is 0 Å². The first-order chi connectivity index (χ1) is 8.66. The first-order valence-electron chi connectivity index (χ1n) is 6.51. The second kappa shape index (κ2) is 4.37. The van der Waals surface area contributed by atoms with E-state index >= 15 is 0 Å². The van der Waals surface area contributed by atoms with E-state index in [1.165, 1.54) is 11.1 Å². The second-order valence-corrected chi connectivity index (χ2v) is 5.39. The fourth-order valence-corrected chi connectivity index (χ4v) is 3.05. The lowest BCUT2D eigenvalue weighted by molar-refractivity contribution is 0.229. The molecule has 2 aromatic rings. The number of fused-ring (bicyclic) bond motifs is 1. The lowest BCUT2D eigenvalue weighted by Gasteiger charge is -2.34. The molecule has 2 unspecified atom stereocenters. The van der Waals surface area contributed by atoms with Gasteiger partial charge in [0.2, 0.25) is 0 Å². The largest absolute Gasteiger partial charge is 0.349 e. The third-order valence-electron chi connectivity index (χ3n) is 4.03. The van der Waals surface area contributed by atoms with Crippen LogP contribution in [0.5, 0.6) is 0 Å². The van der Waals surface area contributed by atoms with Crippen LogP contribution in [0.15, 0.2) is 24.5 Å². The van der Waals surface area contributed by atoms with Gasteiger partial charge in [-0.05, 0) is 32.1 Å². The van der Waals surface area contributed by atoms with Gasteiger partial charge in [0, 0.05) is 43.5 Å². The Morgan fingerprint density at radius 1 is 1.39 bits per heavy atom. The van der Waals surface area contributed by atoms with Gasteiger partial charge in [0.05, 0.1) is 11.0 Å². The Kier molecular flexibility index (Phi) is 2.84. The molecule has 0 saturated carbocycles. The van der Waals surface area contributed by atoms with Gasteiger partial charge >= 0.3 is 0 Å². The molecule has 4 nitrogen and oxygen atoms in total. The van der Waals surface area contributed by atoms with Gasteiger partial charge in [-0.25, -0.2) is 0 Å². The molecule has 0 aromatic carbocycles. The number of hydrogen-bond acceptors (Lipinski definition) is 3. The lowest BCUT2D eigenvalue weighted by Crippen LogP contribution is -2.45. The average molecular weight is 244 g/mol. The summed E-state index contributed by atoms with van der Waals surface area (Å²) in [6.45, 7) is 2.08. The van der Waals surface area contributed by atoms with E-state index in [9.17, 15) is 0 Å². The van der Waals surface area contributed by atoms with Gasteiger partial charge in [0.25, 0.3) is 0 Å². The Morgan fingerprint density at radius 2 is 2.22 bits per heavy atom. The SMILES string of the molecule is CN1CCC(c2cn(C)c3cccnc23)C(N)C1. The van der Waals surface area contributed by atoms with Crippen molar-refractivity contribution in [3.8, 4) is 0 Å². The molecular weight excluding hydrogens is 224 g/mol. The Hall–Kier alpha value is -1.39. The monoisotopic (exact) mass is 244 g/mol. The predicted octanol–water partition coefficient (Wildman–Crippen LogP) is 1.32. The van der Waals surface area contributed by atoms with Crippen LogP contribution in [-0.4, -0.2) is 40.6 Å². The van der Waals surface area contributed by atoms with Crippen LogP contribution in [0, 0.1) is 0 Å². The minimum absolute atomic E-state index is 0.205. The number of pyridine rings is 1. The van der Waals surface area contributed by atoms with E-state index in [0.717, 1.165) is 25.0 Å². The highest BCUT2D eigenvalue weighted by molar-refractivity contribution is 5.80. The number of likely N-dealkylation sites (N-methyl/N-ethyl adjacent to an activating group) is 1. The topological polar surface area (TPSA) is 47.1 Å². The summed E-state index contributed by atoms with van der Waals surface area (Å²) in [6.07, 6.45) is 5.19. The van der Waals surface area contributed by atoms with Gasteiger partial charge in [-0.15, -0.1) is 0 Å². The predicted molar refractivity (Wildman–Crippen MR) is 73.5 cm³/mol. The smallest absolute Gasteiger partial charge is 0.0916 e. The van der Waals surface area contributed by atoms with Gasteiger partial charge in [0.15, 0.2) is 0 Å². The first kappa shape index (κ1) is 11.7. The Morgan fingerprint density at radius 3 is 3.00 bits per heavy atom. The number of rotatable bonds is 1. The number of nitrogens with zero attached hydrogens (tertiary/aromatic N) is 3. The quantitative estimate of drug-likeness (QED) is 0.823. The van der Waals surface area contributed by atoms with E-state index in [2.05, 4.69) is 40.8 Å². The van der Waals surface area contributed by atoms with Gasteiger partial charge in [-0.3, -0.25) is 4.98 Å². The van der Waals surface area contributed by atoms with Crippen molar-refractivity contribution < 1.29 is 0 Å². The Labute approximate surface area is 107 Å². The molecule has 3 rings (SSSR count). The third-order valence-corrected chi connectivity index (χ3v) is 4.03. The molecule has 0 aliphatic carbocycles. The highest BCUT2D eigenvalue weighted by Gasteiger charge is 2.28. The fraction of sp³-hybridized carbons (Fsp3) is 0.500. The van der Waals surface area contributed by atoms with Crippen LogP contribution < -0.4 is 5.73 Å². The Balaban J connectivity index is 2.04. The molecule has 96 valence electrons. The van der Waals surface area contributed by atoms with E-state index in [1.807, 2.05) is 12.3 Å². The van der Waals surface area contributed by atoms with Gasteiger partial charge in [-0.2, -0.15) is 0 Å². The van der Waals surface area contributed by atoms with Crippen LogP contribution in [0.3, 0.4) is 0 Å². The van der Waals surface area contributed by atoms with Gasteiger partial charge in [0.1, 0.15) is 0 Å². The van der Waals surface area contributed by atoms with Crippen molar-refractivity contribution in [2.24, 2.45) is 12.8 Å². The Bertz CT molecular complexity index is 560. The highest BCUT2D eigenvalue weighted by Crippen LogP contribution is 2.32. The molecule has 18 heavy (non-hydrogen) atoms. The second-order valence-electron chi connectivity index (χ2n) is 5.39. The van der Waals surface area contributed by atoms with E-state index in [1.54, 1.807) is 0 Å². The van der Waals surface area contributed by atoms with Crippen LogP contribution in [-0.2, 0) is 7.05 Å². The van der Waals surface area contributed by atoms with Crippen LogP contribution in [0.1, 0.15) is 17.9 Å². The molecule has 1 fully saturated rings. The molecule has 0 bridgehead atoms. The van der Waals surface area contributed by atoms with Crippen molar-refractivity contribution in [3.05, 3.63) is 30.1 Å². The molecule has 2 N–H and O–H groups in total. The first-order valence-corrected chi connectivity index (χ1v) is 6.51.